The molecule has 0 spiro atoms. The molecule has 0 heterocycles. The van der Waals surface area contributed by atoms with E-state index in [0.29, 0.717) is 6.42 Å². The summed E-state index contributed by atoms with van der Waals surface area (Å²) < 4.78 is -0.966. The van der Waals surface area contributed by atoms with Gasteiger partial charge in [-0.1, -0.05) is 17.7 Å². The third-order valence-corrected chi connectivity index (χ3v) is 4.66. The van der Waals surface area contributed by atoms with Crippen LogP contribution >= 0.6 is 23.2 Å². The lowest BCUT2D eigenvalue weighted by molar-refractivity contribution is -0.134. The van der Waals surface area contributed by atoms with Crippen LogP contribution in [0, 0.1) is 26.7 Å². The van der Waals surface area contributed by atoms with Crippen LogP contribution in [0.5, 0.6) is 0 Å². The molecule has 1 unspecified atom stereocenters. The van der Waals surface area contributed by atoms with E-state index in [1.165, 1.54) is 4.90 Å². The molecular weight excluding hydrogens is 323 g/mol. The highest BCUT2D eigenvalue weighted by Gasteiger charge is 2.57. The number of hydrogen-bond donors (Lipinski definition) is 1. The fraction of sp³-hybridized carbons (Fsp3) is 0.500. The summed E-state index contributed by atoms with van der Waals surface area (Å²) in [6, 6.07) is 4.02. The summed E-state index contributed by atoms with van der Waals surface area (Å²) in [7, 11) is 1.58. The van der Waals surface area contributed by atoms with E-state index >= 15 is 0 Å². The van der Waals surface area contributed by atoms with Crippen molar-refractivity contribution in [2.75, 3.05) is 18.9 Å². The van der Waals surface area contributed by atoms with Crippen molar-refractivity contribution in [3.63, 3.8) is 0 Å². The van der Waals surface area contributed by atoms with Crippen molar-refractivity contribution in [2.24, 2.45) is 5.92 Å². The van der Waals surface area contributed by atoms with Crippen LogP contribution in [0.25, 0.3) is 0 Å². The molecule has 2 amide bonds. The maximum Gasteiger partial charge on any atom is 0.243 e. The van der Waals surface area contributed by atoms with Gasteiger partial charge in [0.15, 0.2) is 0 Å². The standard InChI is InChI=1S/C16H20Cl2N2O2/c1-9-5-10(2)14(11(3)6-9)19-13(21)8-20(4)15(22)12-7-16(12,17)18/h5-6,12H,7-8H2,1-4H3,(H,19,21). The summed E-state index contributed by atoms with van der Waals surface area (Å²) in [6.07, 6.45) is 0.442. The fourth-order valence-corrected chi connectivity index (χ4v) is 3.09. The number of likely N-dealkylation sites (N-methyl/N-ethyl adjacent to an activating group) is 1. The van der Waals surface area contributed by atoms with Crippen LogP contribution in [0.2, 0.25) is 0 Å². The first-order valence-electron chi connectivity index (χ1n) is 7.12. The zero-order chi connectivity index (χ0) is 16.7. The van der Waals surface area contributed by atoms with Crippen LogP contribution in [0.4, 0.5) is 5.69 Å². The Balaban J connectivity index is 1.97. The van der Waals surface area contributed by atoms with E-state index in [0.717, 1.165) is 22.4 Å². The Bertz CT molecular complexity index is 606. The second kappa shape index (κ2) is 6.09. The van der Waals surface area contributed by atoms with Gasteiger partial charge in [0.05, 0.1) is 12.5 Å². The highest BCUT2D eigenvalue weighted by Crippen LogP contribution is 2.53. The van der Waals surface area contributed by atoms with Crippen molar-refractivity contribution in [3.8, 4) is 0 Å². The Morgan fingerprint density at radius 1 is 1.27 bits per heavy atom. The van der Waals surface area contributed by atoms with Gasteiger partial charge in [0.2, 0.25) is 11.8 Å². The smallest absolute Gasteiger partial charge is 0.243 e. The zero-order valence-electron chi connectivity index (χ0n) is 13.2. The molecule has 1 saturated carbocycles. The topological polar surface area (TPSA) is 49.4 Å². The highest BCUT2D eigenvalue weighted by atomic mass is 35.5. The van der Waals surface area contributed by atoms with Gasteiger partial charge in [0, 0.05) is 12.7 Å². The molecule has 1 aromatic carbocycles. The van der Waals surface area contributed by atoms with Crippen LogP contribution < -0.4 is 5.32 Å². The molecular formula is C16H20Cl2N2O2. The maximum absolute atomic E-state index is 12.2. The number of alkyl halides is 2. The minimum Gasteiger partial charge on any atom is -0.336 e. The SMILES string of the molecule is Cc1cc(C)c(NC(=O)CN(C)C(=O)C2CC2(Cl)Cl)c(C)c1. The molecule has 1 aromatic rings. The second-order valence-electron chi connectivity index (χ2n) is 6.03. The minimum atomic E-state index is -0.966. The van der Waals surface area contributed by atoms with Gasteiger partial charge in [0.25, 0.3) is 0 Å². The molecule has 1 atom stereocenters. The van der Waals surface area contributed by atoms with Crippen LogP contribution in [0.3, 0.4) is 0 Å². The van der Waals surface area contributed by atoms with Gasteiger partial charge < -0.3 is 10.2 Å². The van der Waals surface area contributed by atoms with E-state index in [9.17, 15) is 9.59 Å². The quantitative estimate of drug-likeness (QED) is 0.854. The van der Waals surface area contributed by atoms with Crippen molar-refractivity contribution in [1.82, 2.24) is 4.90 Å². The van der Waals surface area contributed by atoms with Crippen LogP contribution in [-0.4, -0.2) is 34.6 Å². The number of hydrogen-bond acceptors (Lipinski definition) is 2. The Labute approximate surface area is 140 Å². The van der Waals surface area contributed by atoms with E-state index in [-0.39, 0.29) is 18.4 Å². The van der Waals surface area contributed by atoms with Crippen LogP contribution in [0.15, 0.2) is 12.1 Å². The molecule has 120 valence electrons. The highest BCUT2D eigenvalue weighted by molar-refractivity contribution is 6.52. The molecule has 6 heteroatoms. The Hall–Kier alpha value is -1.26. The summed E-state index contributed by atoms with van der Waals surface area (Å²) in [5, 5.41) is 2.87. The second-order valence-corrected chi connectivity index (χ2v) is 7.58. The van der Waals surface area contributed by atoms with Gasteiger partial charge in [-0.25, -0.2) is 0 Å². The number of nitrogens with zero attached hydrogens (tertiary/aromatic N) is 1. The number of rotatable bonds is 4. The number of halogens is 2. The largest absolute Gasteiger partial charge is 0.336 e. The van der Waals surface area contributed by atoms with Gasteiger partial charge in [-0.05, 0) is 38.3 Å². The van der Waals surface area contributed by atoms with Crippen molar-refractivity contribution in [2.45, 2.75) is 31.5 Å². The van der Waals surface area contributed by atoms with Gasteiger partial charge in [-0.15, -0.1) is 23.2 Å². The molecule has 22 heavy (non-hydrogen) atoms. The number of benzene rings is 1. The molecule has 1 aliphatic carbocycles. The van der Waals surface area contributed by atoms with Gasteiger partial charge >= 0.3 is 0 Å². The number of aryl methyl sites for hydroxylation is 3. The van der Waals surface area contributed by atoms with Gasteiger partial charge in [0.1, 0.15) is 4.33 Å². The predicted octanol–water partition coefficient (Wildman–Crippen LogP) is 3.20. The number of carbonyl (C=O) groups is 2. The minimum absolute atomic E-state index is 0.0219. The number of carbonyl (C=O) groups excluding carboxylic acids is 2. The molecule has 4 nitrogen and oxygen atoms in total. The first-order chi connectivity index (χ1) is 10.1. The van der Waals surface area contributed by atoms with E-state index in [4.69, 9.17) is 23.2 Å². The van der Waals surface area contributed by atoms with Gasteiger partial charge in [-0.2, -0.15) is 0 Å². The van der Waals surface area contributed by atoms with Crippen LogP contribution in [0.1, 0.15) is 23.1 Å². The monoisotopic (exact) mass is 342 g/mol. The lowest BCUT2D eigenvalue weighted by Crippen LogP contribution is -2.36. The third kappa shape index (κ3) is 3.73. The van der Waals surface area contributed by atoms with E-state index in [1.807, 2.05) is 32.9 Å². The van der Waals surface area contributed by atoms with Crippen molar-refractivity contribution < 1.29 is 9.59 Å². The summed E-state index contributed by atoms with van der Waals surface area (Å²) in [6.45, 7) is 5.89. The Morgan fingerprint density at radius 2 is 1.77 bits per heavy atom. The normalized spacial score (nSPS) is 18.7. The molecule has 1 aliphatic rings. The average molecular weight is 343 g/mol. The number of nitrogens with one attached hydrogen (secondary N) is 1. The molecule has 1 N–H and O–H groups in total. The zero-order valence-corrected chi connectivity index (χ0v) is 14.7. The molecule has 0 aromatic heterocycles. The first kappa shape index (κ1) is 17.1. The third-order valence-electron chi connectivity index (χ3n) is 3.82. The first-order valence-corrected chi connectivity index (χ1v) is 7.88. The molecule has 0 aliphatic heterocycles. The fourth-order valence-electron chi connectivity index (χ4n) is 2.60. The van der Waals surface area contributed by atoms with E-state index in [1.54, 1.807) is 7.05 Å². The molecule has 0 bridgehead atoms. The Kier molecular flexibility index (Phi) is 4.73. The Morgan fingerprint density at radius 3 is 2.23 bits per heavy atom. The van der Waals surface area contributed by atoms with Crippen molar-refractivity contribution >= 4 is 40.7 Å². The lowest BCUT2D eigenvalue weighted by Gasteiger charge is -2.18. The summed E-state index contributed by atoms with van der Waals surface area (Å²) in [5.74, 6) is -0.838. The predicted molar refractivity (Wildman–Crippen MR) is 89.5 cm³/mol. The van der Waals surface area contributed by atoms with Crippen LogP contribution in [-0.2, 0) is 9.59 Å². The maximum atomic E-state index is 12.2. The average Bonchev–Trinajstić information content (AvgIpc) is 3.01. The number of amides is 2. The van der Waals surface area contributed by atoms with E-state index < -0.39 is 10.3 Å². The van der Waals surface area contributed by atoms with E-state index in [2.05, 4.69) is 5.32 Å². The molecule has 0 radical (unpaired) electrons. The summed E-state index contributed by atoms with van der Waals surface area (Å²) >= 11 is 11.8. The molecule has 1 fully saturated rings. The van der Waals surface area contributed by atoms with Crippen molar-refractivity contribution in [3.05, 3.63) is 28.8 Å². The lowest BCUT2D eigenvalue weighted by atomic mass is 10.1. The molecule has 0 saturated heterocycles. The number of anilines is 1. The summed E-state index contributed by atoms with van der Waals surface area (Å²) in [5.41, 5.74) is 3.95. The van der Waals surface area contributed by atoms with Gasteiger partial charge in [-0.3, -0.25) is 9.59 Å². The molecule has 2 rings (SSSR count). The summed E-state index contributed by atoms with van der Waals surface area (Å²) in [4.78, 5) is 25.6. The van der Waals surface area contributed by atoms with Crippen molar-refractivity contribution in [1.29, 1.82) is 0 Å².